The number of carbonyl (C=O) groups excluding carboxylic acids is 1. The van der Waals surface area contributed by atoms with Crippen LogP contribution in [0.3, 0.4) is 0 Å². The Morgan fingerprint density at radius 3 is 2.50 bits per heavy atom. The predicted molar refractivity (Wildman–Crippen MR) is 95.7 cm³/mol. The van der Waals surface area contributed by atoms with Crippen LogP contribution in [0.2, 0.25) is 0 Å². The van der Waals surface area contributed by atoms with Crippen LogP contribution in [0, 0.1) is 0 Å². The molecule has 1 atom stereocenters. The standard InChI is InChI=1S/C18H28N4O2/c1-3-20-10-12-21(13-11-20)16-8-9-22(14-16)18(23)19-15-4-6-17(24-2)7-5-15/h4-7,16H,3,8-14H2,1-2H3,(H,19,23). The van der Waals surface area contributed by atoms with Crippen LogP contribution in [-0.4, -0.2) is 79.7 Å². The highest BCUT2D eigenvalue weighted by molar-refractivity contribution is 5.89. The Morgan fingerprint density at radius 1 is 1.17 bits per heavy atom. The summed E-state index contributed by atoms with van der Waals surface area (Å²) in [5.74, 6) is 0.792. The average molecular weight is 332 g/mol. The third-order valence-electron chi connectivity index (χ3n) is 5.16. The molecule has 0 aromatic heterocycles. The van der Waals surface area contributed by atoms with Crippen molar-refractivity contribution in [2.45, 2.75) is 19.4 Å². The zero-order chi connectivity index (χ0) is 16.9. The Balaban J connectivity index is 1.48. The maximum atomic E-state index is 12.5. The van der Waals surface area contributed by atoms with Crippen molar-refractivity contribution >= 4 is 11.7 Å². The highest BCUT2D eigenvalue weighted by Gasteiger charge is 2.31. The zero-order valence-electron chi connectivity index (χ0n) is 14.7. The lowest BCUT2D eigenvalue weighted by Crippen LogP contribution is -2.51. The number of amides is 2. The van der Waals surface area contributed by atoms with Gasteiger partial charge in [-0.2, -0.15) is 0 Å². The Labute approximate surface area is 144 Å². The van der Waals surface area contributed by atoms with E-state index in [4.69, 9.17) is 4.74 Å². The van der Waals surface area contributed by atoms with E-state index in [0.717, 1.165) is 63.7 Å². The molecule has 3 rings (SSSR count). The topological polar surface area (TPSA) is 48.0 Å². The molecular weight excluding hydrogens is 304 g/mol. The van der Waals surface area contributed by atoms with Crippen molar-refractivity contribution in [3.05, 3.63) is 24.3 Å². The minimum atomic E-state index is -0.00476. The monoisotopic (exact) mass is 332 g/mol. The van der Waals surface area contributed by atoms with Gasteiger partial charge in [-0.25, -0.2) is 4.79 Å². The van der Waals surface area contributed by atoms with Crippen molar-refractivity contribution in [2.24, 2.45) is 0 Å². The summed E-state index contributed by atoms with van der Waals surface area (Å²) in [6.45, 7) is 9.54. The Morgan fingerprint density at radius 2 is 1.88 bits per heavy atom. The largest absolute Gasteiger partial charge is 0.497 e. The summed E-state index contributed by atoms with van der Waals surface area (Å²) < 4.78 is 5.14. The van der Waals surface area contributed by atoms with E-state index in [1.54, 1.807) is 7.11 Å². The van der Waals surface area contributed by atoms with Crippen molar-refractivity contribution in [3.8, 4) is 5.75 Å². The molecule has 1 aromatic carbocycles. The van der Waals surface area contributed by atoms with Crippen LogP contribution in [0.4, 0.5) is 10.5 Å². The van der Waals surface area contributed by atoms with Gasteiger partial charge in [0.2, 0.25) is 0 Å². The molecule has 2 aliphatic rings. The second kappa shape index (κ2) is 7.85. The van der Waals surface area contributed by atoms with Crippen LogP contribution in [0.5, 0.6) is 5.75 Å². The summed E-state index contributed by atoms with van der Waals surface area (Å²) in [6, 6.07) is 7.95. The minimum Gasteiger partial charge on any atom is -0.497 e. The lowest BCUT2D eigenvalue weighted by Gasteiger charge is -2.37. The molecule has 132 valence electrons. The molecular formula is C18H28N4O2. The fourth-order valence-corrected chi connectivity index (χ4v) is 3.55. The smallest absolute Gasteiger partial charge is 0.321 e. The van der Waals surface area contributed by atoms with Crippen LogP contribution < -0.4 is 10.1 Å². The van der Waals surface area contributed by atoms with Gasteiger partial charge < -0.3 is 19.9 Å². The number of likely N-dealkylation sites (N-methyl/N-ethyl adjacent to an activating group) is 1. The number of piperazine rings is 1. The number of urea groups is 1. The second-order valence-corrected chi connectivity index (χ2v) is 6.52. The molecule has 2 fully saturated rings. The number of carbonyl (C=O) groups is 1. The molecule has 0 radical (unpaired) electrons. The van der Waals surface area contributed by atoms with E-state index in [2.05, 4.69) is 22.0 Å². The number of likely N-dealkylation sites (tertiary alicyclic amines) is 1. The lowest BCUT2D eigenvalue weighted by atomic mass is 10.2. The SMILES string of the molecule is CCN1CCN(C2CCN(C(=O)Nc3ccc(OC)cc3)C2)CC1. The number of anilines is 1. The number of methoxy groups -OCH3 is 1. The fourth-order valence-electron chi connectivity index (χ4n) is 3.55. The van der Waals surface area contributed by atoms with E-state index in [1.807, 2.05) is 29.2 Å². The third kappa shape index (κ3) is 3.99. The highest BCUT2D eigenvalue weighted by atomic mass is 16.5. The van der Waals surface area contributed by atoms with Gasteiger partial charge in [0.15, 0.2) is 0 Å². The molecule has 6 heteroatoms. The quantitative estimate of drug-likeness (QED) is 0.915. The summed E-state index contributed by atoms with van der Waals surface area (Å²) in [6.07, 6.45) is 1.07. The molecule has 2 amide bonds. The zero-order valence-corrected chi connectivity index (χ0v) is 14.7. The molecule has 0 saturated carbocycles. The number of nitrogens with one attached hydrogen (secondary N) is 1. The van der Waals surface area contributed by atoms with Gasteiger partial charge in [-0.05, 0) is 37.2 Å². The average Bonchev–Trinajstić information content (AvgIpc) is 3.13. The number of nitrogens with zero attached hydrogens (tertiary/aromatic N) is 3. The molecule has 24 heavy (non-hydrogen) atoms. The van der Waals surface area contributed by atoms with Crippen LogP contribution >= 0.6 is 0 Å². The second-order valence-electron chi connectivity index (χ2n) is 6.52. The first-order valence-corrected chi connectivity index (χ1v) is 8.86. The molecule has 1 N–H and O–H groups in total. The van der Waals surface area contributed by atoms with Crippen molar-refractivity contribution in [1.29, 1.82) is 0 Å². The van der Waals surface area contributed by atoms with Gasteiger partial charge in [0.1, 0.15) is 5.75 Å². The van der Waals surface area contributed by atoms with Gasteiger partial charge in [-0.1, -0.05) is 6.92 Å². The molecule has 0 bridgehead atoms. The van der Waals surface area contributed by atoms with Crippen LogP contribution in [0.25, 0.3) is 0 Å². The third-order valence-corrected chi connectivity index (χ3v) is 5.16. The summed E-state index contributed by atoms with van der Waals surface area (Å²) in [5.41, 5.74) is 0.806. The van der Waals surface area contributed by atoms with Gasteiger partial charge in [0.25, 0.3) is 0 Å². The van der Waals surface area contributed by atoms with Gasteiger partial charge in [-0.15, -0.1) is 0 Å². The summed E-state index contributed by atoms with van der Waals surface area (Å²) in [7, 11) is 1.64. The molecule has 2 saturated heterocycles. The van der Waals surface area contributed by atoms with Crippen LogP contribution in [0.15, 0.2) is 24.3 Å². The van der Waals surface area contributed by atoms with Gasteiger partial charge in [-0.3, -0.25) is 4.90 Å². The van der Waals surface area contributed by atoms with E-state index in [0.29, 0.717) is 6.04 Å². The van der Waals surface area contributed by atoms with Crippen molar-refractivity contribution < 1.29 is 9.53 Å². The number of ether oxygens (including phenoxy) is 1. The number of hydrogen-bond acceptors (Lipinski definition) is 4. The number of rotatable bonds is 4. The fraction of sp³-hybridized carbons (Fsp3) is 0.611. The summed E-state index contributed by atoms with van der Waals surface area (Å²) in [4.78, 5) is 19.4. The molecule has 1 unspecified atom stereocenters. The molecule has 0 aliphatic carbocycles. The lowest BCUT2D eigenvalue weighted by molar-refractivity contribution is 0.103. The van der Waals surface area contributed by atoms with Gasteiger partial charge in [0, 0.05) is 51.0 Å². The molecule has 2 heterocycles. The predicted octanol–water partition coefficient (Wildman–Crippen LogP) is 1.94. The van der Waals surface area contributed by atoms with E-state index >= 15 is 0 Å². The van der Waals surface area contributed by atoms with Crippen molar-refractivity contribution in [3.63, 3.8) is 0 Å². The molecule has 1 aromatic rings. The molecule has 6 nitrogen and oxygen atoms in total. The van der Waals surface area contributed by atoms with E-state index in [1.165, 1.54) is 0 Å². The number of benzene rings is 1. The van der Waals surface area contributed by atoms with E-state index in [9.17, 15) is 4.79 Å². The first kappa shape index (κ1) is 17.0. The molecule has 2 aliphatic heterocycles. The first-order valence-electron chi connectivity index (χ1n) is 8.86. The normalized spacial score (nSPS) is 22.6. The Bertz CT molecular complexity index is 540. The maximum absolute atomic E-state index is 12.5. The van der Waals surface area contributed by atoms with Crippen LogP contribution in [-0.2, 0) is 0 Å². The Kier molecular flexibility index (Phi) is 5.58. The van der Waals surface area contributed by atoms with E-state index < -0.39 is 0 Å². The first-order chi connectivity index (χ1) is 11.7. The highest BCUT2D eigenvalue weighted by Crippen LogP contribution is 2.20. The number of hydrogen-bond donors (Lipinski definition) is 1. The Hall–Kier alpha value is -1.79. The van der Waals surface area contributed by atoms with Gasteiger partial charge >= 0.3 is 6.03 Å². The summed E-state index contributed by atoms with van der Waals surface area (Å²) in [5, 5.41) is 2.98. The summed E-state index contributed by atoms with van der Waals surface area (Å²) >= 11 is 0. The molecule has 0 spiro atoms. The van der Waals surface area contributed by atoms with Gasteiger partial charge in [0.05, 0.1) is 7.11 Å². The van der Waals surface area contributed by atoms with Crippen molar-refractivity contribution in [2.75, 3.05) is 58.2 Å². The van der Waals surface area contributed by atoms with E-state index in [-0.39, 0.29) is 6.03 Å². The van der Waals surface area contributed by atoms with Crippen molar-refractivity contribution in [1.82, 2.24) is 14.7 Å². The minimum absolute atomic E-state index is 0.00476. The maximum Gasteiger partial charge on any atom is 0.321 e. The van der Waals surface area contributed by atoms with Crippen LogP contribution in [0.1, 0.15) is 13.3 Å².